The van der Waals surface area contributed by atoms with Gasteiger partial charge in [-0.25, -0.2) is 12.8 Å². The van der Waals surface area contributed by atoms with Crippen molar-refractivity contribution in [1.82, 2.24) is 10.2 Å². The van der Waals surface area contributed by atoms with Crippen molar-refractivity contribution in [2.75, 3.05) is 44.4 Å². The van der Waals surface area contributed by atoms with Gasteiger partial charge >= 0.3 is 5.97 Å². The van der Waals surface area contributed by atoms with Crippen LogP contribution in [0.4, 0.5) is 4.39 Å². The van der Waals surface area contributed by atoms with Gasteiger partial charge in [0.05, 0.1) is 16.9 Å². The highest BCUT2D eigenvalue weighted by Gasteiger charge is 2.70. The molecule has 4 saturated carbocycles. The number of hydrogen-bond donors (Lipinski definition) is 2. The molecule has 0 aromatic rings. The van der Waals surface area contributed by atoms with E-state index in [0.717, 1.165) is 31.3 Å². The molecule has 0 amide bonds. The molecule has 0 spiro atoms. The number of nitrogens with zero attached hydrogens (tertiary/aromatic N) is 1. The molecule has 0 aromatic heterocycles. The minimum Gasteiger partial charge on any atom is -0.481 e. The minimum atomic E-state index is -2.86. The summed E-state index contributed by atoms with van der Waals surface area (Å²) < 4.78 is 38.1. The standard InChI is InChI=1S/C43H69FN2O4S/c1-29(2)31-12-19-43(45-22-23-46-24-26-51(49,50)27-25-46)21-20-40(6)33(36(31)43)8-9-35-39(5)15-13-32(38(3,4)34(39)14-16-41(35,40)7)30-10-17-42(28-44,18-11-30)37(47)48/h10,13,29,31,33-36,45H,8-9,11-12,14-28H2,1-7H3,(H,47,48)/t31?,33-,34+,35-,36-,39+,40-,41-,42-,43+/m1/s1. The van der Waals surface area contributed by atoms with E-state index in [1.54, 1.807) is 0 Å². The van der Waals surface area contributed by atoms with E-state index in [4.69, 9.17) is 0 Å². The van der Waals surface area contributed by atoms with Gasteiger partial charge in [0.15, 0.2) is 9.84 Å². The first-order chi connectivity index (χ1) is 23.9. The summed E-state index contributed by atoms with van der Waals surface area (Å²) in [5, 5.41) is 14.1. The first-order valence-electron chi connectivity index (χ1n) is 20.8. The first kappa shape index (κ1) is 38.0. The van der Waals surface area contributed by atoms with Crippen LogP contribution in [0.25, 0.3) is 0 Å². The molecule has 1 heterocycles. The zero-order chi connectivity index (χ0) is 36.8. The molecular weight excluding hydrogens is 660 g/mol. The predicted octanol–water partition coefficient (Wildman–Crippen LogP) is 8.48. The number of halogens is 1. The molecule has 7 aliphatic rings. The van der Waals surface area contributed by atoms with Crippen molar-refractivity contribution in [1.29, 1.82) is 0 Å². The van der Waals surface area contributed by atoms with Crippen molar-refractivity contribution in [3.05, 3.63) is 23.3 Å². The Labute approximate surface area is 309 Å². The van der Waals surface area contributed by atoms with Crippen molar-refractivity contribution in [2.45, 2.75) is 131 Å². The monoisotopic (exact) mass is 728 g/mol. The summed E-state index contributed by atoms with van der Waals surface area (Å²) in [6.45, 7) is 20.4. The molecule has 1 saturated heterocycles. The summed E-state index contributed by atoms with van der Waals surface area (Å²) in [5.41, 5.74) is 2.43. The third kappa shape index (κ3) is 5.78. The van der Waals surface area contributed by atoms with Crippen LogP contribution in [0.1, 0.15) is 126 Å². The fourth-order valence-corrected chi connectivity index (χ4v) is 16.1. The van der Waals surface area contributed by atoms with E-state index in [1.807, 2.05) is 0 Å². The van der Waals surface area contributed by atoms with Crippen LogP contribution < -0.4 is 5.32 Å². The van der Waals surface area contributed by atoms with Crippen molar-refractivity contribution in [3.63, 3.8) is 0 Å². The van der Waals surface area contributed by atoms with Crippen LogP contribution in [0.5, 0.6) is 0 Å². The van der Waals surface area contributed by atoms with Gasteiger partial charge in [0.25, 0.3) is 0 Å². The second kappa shape index (κ2) is 12.9. The van der Waals surface area contributed by atoms with Gasteiger partial charge < -0.3 is 15.3 Å². The lowest BCUT2D eigenvalue weighted by atomic mass is 9.32. The molecule has 7 rings (SSSR count). The number of fused-ring (bicyclic) bond motifs is 7. The second-order valence-corrected chi connectivity index (χ2v) is 22.7. The summed E-state index contributed by atoms with van der Waals surface area (Å²) in [6.07, 6.45) is 17.3. The van der Waals surface area contributed by atoms with Gasteiger partial charge in [-0.05, 0) is 145 Å². The summed E-state index contributed by atoms with van der Waals surface area (Å²) in [7, 11) is -2.86. The number of carboxylic acids is 1. The Morgan fingerprint density at radius 1 is 0.922 bits per heavy atom. The fourth-order valence-electron chi connectivity index (χ4n) is 14.8. The maximum atomic E-state index is 14.0. The largest absolute Gasteiger partial charge is 0.481 e. The number of rotatable bonds is 8. The van der Waals surface area contributed by atoms with Crippen molar-refractivity contribution >= 4 is 15.8 Å². The van der Waals surface area contributed by atoms with Crippen LogP contribution in [0.15, 0.2) is 23.3 Å². The van der Waals surface area contributed by atoms with Crippen LogP contribution >= 0.6 is 0 Å². The number of allylic oxidation sites excluding steroid dienone is 4. The van der Waals surface area contributed by atoms with Crippen LogP contribution in [-0.2, 0) is 14.6 Å². The molecule has 5 fully saturated rings. The highest BCUT2D eigenvalue weighted by atomic mass is 32.2. The van der Waals surface area contributed by atoms with Crippen LogP contribution in [0, 0.1) is 62.6 Å². The number of alkyl halides is 1. The highest BCUT2D eigenvalue weighted by molar-refractivity contribution is 7.91. The zero-order valence-corrected chi connectivity index (χ0v) is 33.8. The number of nitrogens with one attached hydrogen (secondary N) is 1. The van der Waals surface area contributed by atoms with E-state index in [1.165, 1.54) is 62.5 Å². The number of hydrogen-bond acceptors (Lipinski definition) is 5. The lowest BCUT2D eigenvalue weighted by Gasteiger charge is -2.72. The Hall–Kier alpha value is -1.25. The van der Waals surface area contributed by atoms with Gasteiger partial charge in [0.2, 0.25) is 0 Å². The smallest absolute Gasteiger partial charge is 0.312 e. The van der Waals surface area contributed by atoms with Crippen molar-refractivity contribution < 1.29 is 22.7 Å². The summed E-state index contributed by atoms with van der Waals surface area (Å²) >= 11 is 0. The molecule has 0 radical (unpaired) electrons. The number of carboxylic acid groups (broad SMARTS) is 1. The summed E-state index contributed by atoms with van der Waals surface area (Å²) in [6, 6.07) is 0. The van der Waals surface area contributed by atoms with Crippen LogP contribution in [0.3, 0.4) is 0 Å². The van der Waals surface area contributed by atoms with E-state index < -0.39 is 27.9 Å². The first-order valence-corrected chi connectivity index (χ1v) is 22.6. The maximum Gasteiger partial charge on any atom is 0.312 e. The van der Waals surface area contributed by atoms with Gasteiger partial charge in [0, 0.05) is 31.7 Å². The Morgan fingerprint density at radius 3 is 2.27 bits per heavy atom. The summed E-state index contributed by atoms with van der Waals surface area (Å²) in [5.74, 6) is 3.68. The number of sulfone groups is 1. The minimum absolute atomic E-state index is 0.00473. The SMILES string of the molecule is CC(C)C1CC[C@]2(NCCN3CCS(=O)(=O)CC3)CC[C@]3(C)[C@H](CC[C@@H]4[C@@]5(C)CC=C(C6=CC[C@@](CF)(C(=O)O)CC6)C(C)(C)[C@@H]5CC[C@]43C)[C@@H]12. The quantitative estimate of drug-likeness (QED) is 0.261. The molecule has 10 atom stereocenters. The summed E-state index contributed by atoms with van der Waals surface area (Å²) in [4.78, 5) is 14.3. The van der Waals surface area contributed by atoms with Gasteiger partial charge in [-0.3, -0.25) is 4.79 Å². The van der Waals surface area contributed by atoms with Crippen LogP contribution in [-0.4, -0.2) is 74.3 Å². The topological polar surface area (TPSA) is 86.7 Å². The molecule has 1 aliphatic heterocycles. The second-order valence-electron chi connectivity index (χ2n) is 20.4. The van der Waals surface area contributed by atoms with Gasteiger partial charge in [-0.15, -0.1) is 0 Å². The fraction of sp³-hybridized carbons (Fsp3) is 0.884. The Bertz CT molecular complexity index is 1540. The molecule has 288 valence electrons. The molecule has 1 unspecified atom stereocenters. The molecular formula is C43H69FN2O4S. The Kier molecular flexibility index (Phi) is 9.64. The van der Waals surface area contributed by atoms with E-state index in [-0.39, 0.29) is 21.8 Å². The lowest BCUT2D eigenvalue weighted by molar-refractivity contribution is -0.223. The lowest BCUT2D eigenvalue weighted by Crippen LogP contribution is -2.68. The van der Waals surface area contributed by atoms with Gasteiger partial charge in [-0.1, -0.05) is 60.6 Å². The van der Waals surface area contributed by atoms with E-state index in [9.17, 15) is 22.7 Å². The number of carbonyl (C=O) groups is 1. The molecule has 6 nitrogen and oxygen atoms in total. The zero-order valence-electron chi connectivity index (χ0n) is 33.0. The van der Waals surface area contributed by atoms with Gasteiger partial charge in [0.1, 0.15) is 6.67 Å². The van der Waals surface area contributed by atoms with E-state index in [0.29, 0.717) is 72.9 Å². The Morgan fingerprint density at radius 2 is 1.65 bits per heavy atom. The number of aliphatic carboxylic acids is 1. The molecule has 2 N–H and O–H groups in total. The van der Waals surface area contributed by atoms with Crippen LogP contribution in [0.2, 0.25) is 0 Å². The third-order valence-electron chi connectivity index (χ3n) is 17.9. The predicted molar refractivity (Wildman–Crippen MR) is 204 cm³/mol. The molecule has 0 aromatic carbocycles. The van der Waals surface area contributed by atoms with Gasteiger partial charge in [-0.2, -0.15) is 0 Å². The van der Waals surface area contributed by atoms with E-state index in [2.05, 4.69) is 70.8 Å². The third-order valence-corrected chi connectivity index (χ3v) is 19.5. The molecule has 8 heteroatoms. The van der Waals surface area contributed by atoms with Crippen molar-refractivity contribution in [3.8, 4) is 0 Å². The average Bonchev–Trinajstić information content (AvgIpc) is 3.46. The highest BCUT2D eigenvalue weighted by Crippen LogP contribution is 2.76. The maximum absolute atomic E-state index is 14.0. The molecule has 0 bridgehead atoms. The molecule has 6 aliphatic carbocycles. The normalized spacial score (nSPS) is 46.3. The molecule has 51 heavy (non-hydrogen) atoms. The Balaban J connectivity index is 1.13. The van der Waals surface area contributed by atoms with E-state index >= 15 is 0 Å². The van der Waals surface area contributed by atoms with Crippen molar-refractivity contribution in [2.24, 2.45) is 62.6 Å². The average molecular weight is 729 g/mol.